The molecule has 0 bridgehead atoms. The molecule has 6 nitrogen and oxygen atoms in total. The highest BCUT2D eigenvalue weighted by Crippen LogP contribution is 2.08. The molecule has 1 aromatic rings. The molecule has 0 aliphatic rings. The fourth-order valence-electron chi connectivity index (χ4n) is 1.87. The molecule has 2 amide bonds. The molecule has 1 atom stereocenters. The zero-order valence-corrected chi connectivity index (χ0v) is 14.5. The number of thioether (sulfide) groups is 1. The van der Waals surface area contributed by atoms with Crippen molar-refractivity contribution in [2.24, 2.45) is 5.14 Å². The second-order valence-corrected chi connectivity index (χ2v) is 7.37. The molecule has 0 unspecified atom stereocenters. The van der Waals surface area contributed by atoms with Crippen LogP contribution in [-0.2, 0) is 16.4 Å². The van der Waals surface area contributed by atoms with Gasteiger partial charge in [0.15, 0.2) is 0 Å². The van der Waals surface area contributed by atoms with Crippen molar-refractivity contribution in [3.8, 4) is 0 Å². The molecule has 124 valence electrons. The Hall–Kier alpha value is -1.25. The minimum atomic E-state index is -3.66. The van der Waals surface area contributed by atoms with E-state index in [4.69, 9.17) is 5.14 Å². The number of hydrogen-bond donors (Lipinski definition) is 3. The van der Waals surface area contributed by atoms with Crippen LogP contribution in [0, 0.1) is 0 Å². The minimum Gasteiger partial charge on any atom is -0.338 e. The van der Waals surface area contributed by atoms with Gasteiger partial charge in [0.2, 0.25) is 10.0 Å². The van der Waals surface area contributed by atoms with E-state index in [2.05, 4.69) is 10.6 Å². The lowest BCUT2D eigenvalue weighted by atomic mass is 10.1. The number of sulfonamides is 1. The highest BCUT2D eigenvalue weighted by atomic mass is 32.2. The number of hydrogen-bond acceptors (Lipinski definition) is 4. The van der Waals surface area contributed by atoms with Gasteiger partial charge in [0.05, 0.1) is 4.90 Å². The highest BCUT2D eigenvalue weighted by Gasteiger charge is 2.09. The second-order valence-electron chi connectivity index (χ2n) is 4.90. The van der Waals surface area contributed by atoms with Crippen molar-refractivity contribution in [3.05, 3.63) is 29.8 Å². The van der Waals surface area contributed by atoms with Crippen molar-refractivity contribution in [2.45, 2.75) is 30.7 Å². The molecule has 0 aliphatic carbocycles. The lowest BCUT2D eigenvalue weighted by Gasteiger charge is -2.16. The smallest absolute Gasteiger partial charge is 0.315 e. The van der Waals surface area contributed by atoms with Gasteiger partial charge >= 0.3 is 6.03 Å². The number of nitrogens with two attached hydrogens (primary N) is 1. The minimum absolute atomic E-state index is 0.0878. The predicted molar refractivity (Wildman–Crippen MR) is 90.5 cm³/mol. The maximum absolute atomic E-state index is 11.7. The van der Waals surface area contributed by atoms with Crippen LogP contribution in [0.2, 0.25) is 0 Å². The normalized spacial score (nSPS) is 12.7. The second kappa shape index (κ2) is 9.02. The summed E-state index contributed by atoms with van der Waals surface area (Å²) in [5.74, 6) is 0.888. The Kier molecular flexibility index (Phi) is 7.70. The van der Waals surface area contributed by atoms with E-state index in [-0.39, 0.29) is 17.0 Å². The van der Waals surface area contributed by atoms with Crippen LogP contribution in [0.3, 0.4) is 0 Å². The number of carbonyl (C=O) groups is 1. The first kappa shape index (κ1) is 18.8. The van der Waals surface area contributed by atoms with Crippen molar-refractivity contribution >= 4 is 27.8 Å². The summed E-state index contributed by atoms with van der Waals surface area (Å²) in [6, 6.07) is 6.32. The van der Waals surface area contributed by atoms with E-state index in [0.717, 1.165) is 17.7 Å². The summed E-state index contributed by atoms with van der Waals surface area (Å²) in [6.07, 6.45) is 3.52. The number of rotatable bonds is 8. The lowest BCUT2D eigenvalue weighted by molar-refractivity contribution is 0.238. The van der Waals surface area contributed by atoms with Gasteiger partial charge in [0.25, 0.3) is 0 Å². The third-order valence-electron chi connectivity index (χ3n) is 3.15. The Morgan fingerprint density at radius 3 is 2.45 bits per heavy atom. The first-order valence-electron chi connectivity index (χ1n) is 7.01. The van der Waals surface area contributed by atoms with Crippen LogP contribution >= 0.6 is 11.8 Å². The van der Waals surface area contributed by atoms with E-state index in [0.29, 0.717) is 13.0 Å². The Morgan fingerprint density at radius 1 is 1.32 bits per heavy atom. The number of nitrogens with one attached hydrogen (secondary N) is 2. The average Bonchev–Trinajstić information content (AvgIpc) is 2.46. The Morgan fingerprint density at radius 2 is 1.95 bits per heavy atom. The van der Waals surface area contributed by atoms with Gasteiger partial charge in [-0.1, -0.05) is 19.1 Å². The van der Waals surface area contributed by atoms with Crippen LogP contribution in [0.15, 0.2) is 29.2 Å². The van der Waals surface area contributed by atoms with Crippen LogP contribution in [-0.4, -0.2) is 39.0 Å². The molecule has 1 aromatic carbocycles. The summed E-state index contributed by atoms with van der Waals surface area (Å²) in [5.41, 5.74) is 0.934. The van der Waals surface area contributed by atoms with Crippen molar-refractivity contribution in [1.29, 1.82) is 0 Å². The molecule has 0 saturated carbocycles. The topological polar surface area (TPSA) is 101 Å². The monoisotopic (exact) mass is 345 g/mol. The van der Waals surface area contributed by atoms with Gasteiger partial charge in [-0.15, -0.1) is 0 Å². The van der Waals surface area contributed by atoms with Gasteiger partial charge in [-0.25, -0.2) is 18.4 Å². The summed E-state index contributed by atoms with van der Waals surface area (Å²) < 4.78 is 22.3. The summed E-state index contributed by atoms with van der Waals surface area (Å²) >= 11 is 1.70. The highest BCUT2D eigenvalue weighted by molar-refractivity contribution is 7.98. The first-order valence-corrected chi connectivity index (χ1v) is 9.96. The number of urea groups is 1. The number of carbonyl (C=O) groups excluding carboxylic acids is 1. The van der Waals surface area contributed by atoms with E-state index < -0.39 is 10.0 Å². The maximum Gasteiger partial charge on any atom is 0.315 e. The molecule has 0 aromatic heterocycles. The Balaban J connectivity index is 2.39. The summed E-state index contributed by atoms with van der Waals surface area (Å²) in [6.45, 7) is 2.52. The van der Waals surface area contributed by atoms with Crippen molar-refractivity contribution in [2.75, 3.05) is 18.6 Å². The zero-order valence-electron chi connectivity index (χ0n) is 12.8. The predicted octanol–water partition coefficient (Wildman–Crippen LogP) is 1.32. The van der Waals surface area contributed by atoms with E-state index in [9.17, 15) is 13.2 Å². The fourth-order valence-corrected chi connectivity index (χ4v) is 3.10. The molecule has 0 saturated heterocycles. The Labute approximate surface area is 136 Å². The van der Waals surface area contributed by atoms with Crippen molar-refractivity contribution < 1.29 is 13.2 Å². The molecule has 0 fully saturated rings. The number of primary sulfonamides is 1. The van der Waals surface area contributed by atoms with Gasteiger partial charge in [-0.2, -0.15) is 11.8 Å². The molecule has 0 radical (unpaired) electrons. The van der Waals surface area contributed by atoms with E-state index in [1.807, 2.05) is 13.2 Å². The third kappa shape index (κ3) is 6.67. The summed E-state index contributed by atoms with van der Waals surface area (Å²) in [7, 11) is -3.66. The van der Waals surface area contributed by atoms with E-state index in [1.54, 1.807) is 23.9 Å². The third-order valence-corrected chi connectivity index (χ3v) is 4.81. The van der Waals surface area contributed by atoms with Gasteiger partial charge in [-0.3, -0.25) is 0 Å². The van der Waals surface area contributed by atoms with Gasteiger partial charge in [0.1, 0.15) is 0 Å². The van der Waals surface area contributed by atoms with Crippen LogP contribution in [0.5, 0.6) is 0 Å². The average molecular weight is 345 g/mol. The quantitative estimate of drug-likeness (QED) is 0.661. The molecular weight excluding hydrogens is 322 g/mol. The molecule has 0 heterocycles. The number of benzene rings is 1. The van der Waals surface area contributed by atoms with Crippen LogP contribution in [0.1, 0.15) is 18.9 Å². The summed E-state index contributed by atoms with van der Waals surface area (Å²) in [5, 5.41) is 10.7. The SMILES string of the molecule is CC[C@@H](CSC)NC(=O)NCCc1ccc(S(N)(=O)=O)cc1. The fraction of sp³-hybridized carbons (Fsp3) is 0.500. The molecule has 0 aliphatic heterocycles. The maximum atomic E-state index is 11.7. The first-order chi connectivity index (χ1) is 10.4. The van der Waals surface area contributed by atoms with Gasteiger partial charge in [0, 0.05) is 18.3 Å². The molecule has 22 heavy (non-hydrogen) atoms. The van der Waals surface area contributed by atoms with Crippen LogP contribution in [0.4, 0.5) is 4.79 Å². The summed E-state index contributed by atoms with van der Waals surface area (Å²) in [4.78, 5) is 11.8. The molecular formula is C14H23N3O3S2. The molecule has 4 N–H and O–H groups in total. The van der Waals surface area contributed by atoms with Crippen molar-refractivity contribution in [3.63, 3.8) is 0 Å². The van der Waals surface area contributed by atoms with Gasteiger partial charge < -0.3 is 10.6 Å². The number of amides is 2. The zero-order chi connectivity index (χ0) is 16.6. The van der Waals surface area contributed by atoms with Crippen LogP contribution < -0.4 is 15.8 Å². The van der Waals surface area contributed by atoms with E-state index >= 15 is 0 Å². The molecule has 8 heteroatoms. The van der Waals surface area contributed by atoms with Crippen molar-refractivity contribution in [1.82, 2.24) is 10.6 Å². The largest absolute Gasteiger partial charge is 0.338 e. The van der Waals surface area contributed by atoms with Crippen LogP contribution in [0.25, 0.3) is 0 Å². The lowest BCUT2D eigenvalue weighted by Crippen LogP contribution is -2.43. The van der Waals surface area contributed by atoms with Gasteiger partial charge in [-0.05, 0) is 36.8 Å². The standard InChI is InChI=1S/C14H23N3O3S2/c1-3-12(10-21-2)17-14(18)16-9-8-11-4-6-13(7-5-11)22(15,19)20/h4-7,12H,3,8-10H2,1-2H3,(H2,15,19,20)(H2,16,17,18)/t12-/m0/s1. The van der Waals surface area contributed by atoms with E-state index in [1.165, 1.54) is 12.1 Å². The molecule has 1 rings (SSSR count). The Bertz CT molecular complexity index is 574. The molecule has 0 spiro atoms.